The first-order chi connectivity index (χ1) is 34.9. The Morgan fingerprint density at radius 1 is 0.716 bits per heavy atom. The molecule has 21 nitrogen and oxygen atoms in total. The fourth-order valence-corrected chi connectivity index (χ4v) is 14.9. The van der Waals surface area contributed by atoms with Crippen molar-refractivity contribution >= 4 is 17.9 Å². The zero-order chi connectivity index (χ0) is 53.3. The summed E-state index contributed by atoms with van der Waals surface area (Å²) < 4.78 is 65.9. The largest absolute Gasteiger partial charge is 0.463 e. The quantitative estimate of drug-likeness (QED) is 0.0786. The van der Waals surface area contributed by atoms with Crippen LogP contribution in [0.5, 0.6) is 0 Å². The Balaban J connectivity index is 0.747. The number of rotatable bonds is 13. The Morgan fingerprint density at radius 3 is 1.93 bits per heavy atom. The molecule has 8 fully saturated rings. The van der Waals surface area contributed by atoms with Crippen molar-refractivity contribution in [1.29, 1.82) is 0 Å². The van der Waals surface area contributed by atoms with Crippen LogP contribution in [-0.4, -0.2) is 189 Å². The molecular formula is C53H82O21. The van der Waals surface area contributed by atoms with Crippen LogP contribution in [0, 0.1) is 40.4 Å². The molecule has 0 radical (unpaired) electrons. The van der Waals surface area contributed by atoms with Crippen molar-refractivity contribution in [2.24, 2.45) is 40.4 Å². The summed E-state index contributed by atoms with van der Waals surface area (Å²) in [5.41, 5.74) is -1.03. The van der Waals surface area contributed by atoms with E-state index in [1.165, 1.54) is 6.92 Å². The van der Waals surface area contributed by atoms with Gasteiger partial charge in [0.25, 0.3) is 0 Å². The molecule has 74 heavy (non-hydrogen) atoms. The van der Waals surface area contributed by atoms with Crippen LogP contribution in [0.1, 0.15) is 126 Å². The van der Waals surface area contributed by atoms with Crippen molar-refractivity contribution in [3.63, 3.8) is 0 Å². The highest BCUT2D eigenvalue weighted by Crippen LogP contribution is 2.70. The van der Waals surface area contributed by atoms with Gasteiger partial charge in [0.05, 0.1) is 54.2 Å². The highest BCUT2D eigenvalue weighted by Gasteiger charge is 2.71. The van der Waals surface area contributed by atoms with Crippen molar-refractivity contribution in [3.8, 4) is 0 Å². The first-order valence-corrected chi connectivity index (χ1v) is 27.2. The maximum atomic E-state index is 12.7. The van der Waals surface area contributed by atoms with Gasteiger partial charge in [-0.1, -0.05) is 27.7 Å². The van der Waals surface area contributed by atoms with E-state index in [1.54, 1.807) is 40.7 Å². The lowest BCUT2D eigenvalue weighted by Gasteiger charge is -2.65. The Hall–Kier alpha value is -2.45. The standard InChI is InChI=1S/C53H82O21/c1-23(2)49(62)65-22-37-43(59)44(60)45(61)50(71-37)74-48-26(5)68-42(20-36(48)69-27(6)54)73-47-25(4)67-41(19-35(47)56)72-46-24(3)66-40(18-34(46)55)70-30-11-13-51(7)29(16-30)9-10-32-33(51)17-38(57)52(8)31(12-14-53(32,52)63)28-15-39(58)64-21-28/h15,23-26,29-38,40-48,50,55-57,59-61,63H,9-14,16-22H2,1-8H3/t24-,25-,26-,29-,30+,31-,32-,33+,34+,35+,36+,37-,38-,40+,41+,42+,43-,44+,45-,46-,47-,48-,50+,51+,52+,53+/m1/s1. The summed E-state index contributed by atoms with van der Waals surface area (Å²) in [6, 6.07) is 0. The van der Waals surface area contributed by atoms with Crippen LogP contribution in [0.2, 0.25) is 0 Å². The lowest BCUT2D eigenvalue weighted by atomic mass is 9.42. The van der Waals surface area contributed by atoms with E-state index in [4.69, 9.17) is 52.1 Å². The Bertz CT molecular complexity index is 2020. The summed E-state index contributed by atoms with van der Waals surface area (Å²) in [5.74, 6) is -1.63. The fourth-order valence-electron chi connectivity index (χ4n) is 14.9. The predicted molar refractivity (Wildman–Crippen MR) is 254 cm³/mol. The van der Waals surface area contributed by atoms with Gasteiger partial charge in [-0.05, 0) is 107 Å². The molecule has 0 amide bonds. The van der Waals surface area contributed by atoms with Crippen molar-refractivity contribution in [3.05, 3.63) is 11.6 Å². The molecule has 9 rings (SSSR count). The minimum Gasteiger partial charge on any atom is -0.463 e. The molecule has 0 aromatic carbocycles. The van der Waals surface area contributed by atoms with E-state index in [-0.39, 0.29) is 61.1 Å². The highest BCUT2D eigenvalue weighted by molar-refractivity contribution is 5.85. The summed E-state index contributed by atoms with van der Waals surface area (Å²) in [7, 11) is 0. The van der Waals surface area contributed by atoms with Crippen LogP contribution >= 0.6 is 0 Å². The van der Waals surface area contributed by atoms with E-state index in [2.05, 4.69) is 6.92 Å². The van der Waals surface area contributed by atoms with Gasteiger partial charge < -0.3 is 87.9 Å². The molecule has 9 aliphatic rings. The van der Waals surface area contributed by atoms with E-state index in [1.807, 2.05) is 6.92 Å². The van der Waals surface area contributed by atoms with Gasteiger partial charge in [-0.2, -0.15) is 0 Å². The number of carbonyl (C=O) groups excluding carboxylic acids is 3. The van der Waals surface area contributed by atoms with E-state index in [0.29, 0.717) is 25.2 Å². The number of aliphatic hydroxyl groups is 7. The number of ether oxygens (including phenoxy) is 11. The molecule has 0 unspecified atom stereocenters. The minimum atomic E-state index is -1.73. The van der Waals surface area contributed by atoms with Crippen LogP contribution in [0.3, 0.4) is 0 Å². The Labute approximate surface area is 432 Å². The second-order valence-corrected chi connectivity index (χ2v) is 23.8. The molecule has 26 atom stereocenters. The van der Waals surface area contributed by atoms with Crippen molar-refractivity contribution in [2.45, 2.75) is 248 Å². The number of hydrogen-bond acceptors (Lipinski definition) is 21. The van der Waals surface area contributed by atoms with E-state index >= 15 is 0 Å². The number of aliphatic hydroxyl groups excluding tert-OH is 6. The third kappa shape index (κ3) is 10.6. The number of hydrogen-bond donors (Lipinski definition) is 7. The molecule has 4 saturated heterocycles. The van der Waals surface area contributed by atoms with Crippen LogP contribution < -0.4 is 0 Å². The molecule has 4 saturated carbocycles. The molecule has 4 aliphatic carbocycles. The third-order valence-corrected chi connectivity index (χ3v) is 19.0. The monoisotopic (exact) mass is 1050 g/mol. The SMILES string of the molecule is CC(=O)O[C@H]1C[C@H](O[C@H]2[C@@H](O)C[C@H](O[C@H]3[C@@H](O)C[C@H](O[C@H]4CC[C@@]5(C)[C@H](CC[C@@H]6[C@@H]5C[C@@H](O)[C@]5(C)[C@@H](C7=CC(=O)OC7)CC[C@]65O)C4)O[C@@H]3C)O[C@@H]2C)O[C@H](C)[C@H]1O[C@@H]1O[C@H](COC(=O)C(C)C)[C@@H](O)[C@H](O)[C@H]1O. The Morgan fingerprint density at radius 2 is 1.34 bits per heavy atom. The Kier molecular flexibility index (Phi) is 16.7. The van der Waals surface area contributed by atoms with Gasteiger partial charge in [-0.3, -0.25) is 9.59 Å². The molecule has 0 aromatic rings. The van der Waals surface area contributed by atoms with Gasteiger partial charge in [0.15, 0.2) is 25.2 Å². The summed E-state index contributed by atoms with van der Waals surface area (Å²) in [6.07, 6.45) is -11.6. The van der Waals surface area contributed by atoms with Gasteiger partial charge in [0.2, 0.25) is 0 Å². The topological polar surface area (TPSA) is 294 Å². The number of fused-ring (bicyclic) bond motifs is 5. The second kappa shape index (κ2) is 22.0. The van der Waals surface area contributed by atoms with Crippen LogP contribution in [-0.2, 0) is 66.5 Å². The molecular weight excluding hydrogens is 973 g/mol. The average Bonchev–Trinajstić information content (AvgIpc) is 3.89. The van der Waals surface area contributed by atoms with Crippen LogP contribution in [0.4, 0.5) is 0 Å². The second-order valence-electron chi connectivity index (χ2n) is 23.8. The maximum Gasteiger partial charge on any atom is 0.331 e. The van der Waals surface area contributed by atoms with Crippen molar-refractivity contribution in [1.82, 2.24) is 0 Å². The normalized spacial score (nSPS) is 50.5. The van der Waals surface area contributed by atoms with Gasteiger partial charge in [0.1, 0.15) is 62.0 Å². The van der Waals surface area contributed by atoms with Crippen LogP contribution in [0.25, 0.3) is 0 Å². The molecule has 5 aliphatic heterocycles. The average molecular weight is 1060 g/mol. The van der Waals surface area contributed by atoms with E-state index in [9.17, 15) is 50.1 Å². The third-order valence-electron chi connectivity index (χ3n) is 19.0. The molecule has 0 spiro atoms. The van der Waals surface area contributed by atoms with Gasteiger partial charge >= 0.3 is 17.9 Å². The maximum absolute atomic E-state index is 12.7. The summed E-state index contributed by atoms with van der Waals surface area (Å²) in [4.78, 5) is 36.4. The van der Waals surface area contributed by atoms with Crippen LogP contribution in [0.15, 0.2) is 11.6 Å². The highest BCUT2D eigenvalue weighted by atomic mass is 16.8. The van der Waals surface area contributed by atoms with E-state index < -0.39 is 146 Å². The molecule has 420 valence electrons. The summed E-state index contributed by atoms with van der Waals surface area (Å²) >= 11 is 0. The summed E-state index contributed by atoms with van der Waals surface area (Å²) in [6.45, 7) is 13.8. The van der Waals surface area contributed by atoms with Crippen molar-refractivity contribution in [2.75, 3.05) is 13.2 Å². The van der Waals surface area contributed by atoms with Gasteiger partial charge in [0, 0.05) is 37.7 Å². The number of cyclic esters (lactones) is 1. The van der Waals surface area contributed by atoms with Gasteiger partial charge in [-0.15, -0.1) is 0 Å². The number of esters is 3. The summed E-state index contributed by atoms with van der Waals surface area (Å²) in [5, 5.41) is 79.6. The van der Waals surface area contributed by atoms with Gasteiger partial charge in [-0.25, -0.2) is 4.79 Å². The van der Waals surface area contributed by atoms with Crippen molar-refractivity contribution < 1.29 is 102 Å². The first kappa shape index (κ1) is 56.3. The molecule has 0 bridgehead atoms. The number of carbonyl (C=O) groups is 3. The molecule has 0 aromatic heterocycles. The molecule has 21 heteroatoms. The lowest BCUT2D eigenvalue weighted by molar-refractivity contribution is -0.355. The fraction of sp³-hybridized carbons (Fsp3) is 0.906. The first-order valence-electron chi connectivity index (χ1n) is 27.2. The smallest absolute Gasteiger partial charge is 0.331 e. The minimum absolute atomic E-state index is 0.0165. The van der Waals surface area contributed by atoms with E-state index in [0.717, 1.165) is 37.7 Å². The molecule has 5 heterocycles. The predicted octanol–water partition coefficient (Wildman–Crippen LogP) is 1.82. The zero-order valence-corrected chi connectivity index (χ0v) is 44.0. The lowest BCUT2D eigenvalue weighted by Crippen LogP contribution is -2.67. The zero-order valence-electron chi connectivity index (χ0n) is 44.0. The molecule has 7 N–H and O–H groups in total.